The van der Waals surface area contributed by atoms with E-state index in [9.17, 15) is 14.4 Å². The minimum atomic E-state index is -1.27. The van der Waals surface area contributed by atoms with E-state index in [-0.39, 0.29) is 24.3 Å². The van der Waals surface area contributed by atoms with Crippen LogP contribution in [0.15, 0.2) is 10.9 Å². The van der Waals surface area contributed by atoms with Crippen LogP contribution in [-0.4, -0.2) is 39.7 Å². The standard InChI is InChI=1S/C16H20N2O5/c19-14-12(15(20)21)8-10-9-18(7-6-13(10)17-14)16(22)23-11-4-2-1-3-5-11/h8,11H,1-7,9H2,(H,17,19)(H,20,21). The maximum Gasteiger partial charge on any atom is 0.410 e. The number of carbonyl (C=O) groups is 2. The zero-order chi connectivity index (χ0) is 16.4. The number of aromatic carboxylic acids is 1. The molecule has 23 heavy (non-hydrogen) atoms. The Labute approximate surface area is 133 Å². The average Bonchev–Trinajstić information content (AvgIpc) is 2.54. The third kappa shape index (κ3) is 3.38. The second kappa shape index (κ2) is 6.44. The number of ether oxygens (including phenoxy) is 1. The van der Waals surface area contributed by atoms with Crippen molar-refractivity contribution in [2.24, 2.45) is 0 Å². The fourth-order valence-corrected chi connectivity index (χ4v) is 3.22. The summed E-state index contributed by atoms with van der Waals surface area (Å²) in [5, 5.41) is 9.03. The summed E-state index contributed by atoms with van der Waals surface area (Å²) in [6.45, 7) is 0.721. The summed E-state index contributed by atoms with van der Waals surface area (Å²) in [5.74, 6) is -1.27. The Morgan fingerprint density at radius 1 is 1.26 bits per heavy atom. The molecule has 1 aromatic rings. The van der Waals surface area contributed by atoms with Gasteiger partial charge in [0.1, 0.15) is 11.7 Å². The molecule has 2 N–H and O–H groups in total. The minimum Gasteiger partial charge on any atom is -0.477 e. The number of amides is 1. The highest BCUT2D eigenvalue weighted by molar-refractivity contribution is 5.87. The number of pyridine rings is 1. The van der Waals surface area contributed by atoms with Gasteiger partial charge in [0, 0.05) is 18.7 Å². The van der Waals surface area contributed by atoms with Gasteiger partial charge in [0.15, 0.2) is 0 Å². The summed E-state index contributed by atoms with van der Waals surface area (Å²) >= 11 is 0. The van der Waals surface area contributed by atoms with Gasteiger partial charge in [-0.05, 0) is 37.3 Å². The predicted octanol–water partition coefficient (Wildman–Crippen LogP) is 1.90. The fraction of sp³-hybridized carbons (Fsp3) is 0.562. The number of carboxylic acid groups (broad SMARTS) is 1. The number of hydrogen-bond acceptors (Lipinski definition) is 4. The SMILES string of the molecule is O=C(O)c1cc2c([nH]c1=O)CCN(C(=O)OC1CCCCC1)C2. The monoisotopic (exact) mass is 320 g/mol. The topological polar surface area (TPSA) is 99.7 Å². The van der Waals surface area contributed by atoms with Crippen LogP contribution in [0.2, 0.25) is 0 Å². The van der Waals surface area contributed by atoms with Crippen LogP contribution in [0.1, 0.15) is 53.7 Å². The van der Waals surface area contributed by atoms with Crippen molar-refractivity contribution in [1.29, 1.82) is 0 Å². The molecule has 2 aliphatic rings. The molecule has 1 aliphatic carbocycles. The van der Waals surface area contributed by atoms with Gasteiger partial charge in [0.25, 0.3) is 5.56 Å². The van der Waals surface area contributed by atoms with E-state index >= 15 is 0 Å². The van der Waals surface area contributed by atoms with Crippen molar-refractivity contribution in [2.45, 2.75) is 51.2 Å². The van der Waals surface area contributed by atoms with Gasteiger partial charge in [-0.1, -0.05) is 6.42 Å². The minimum absolute atomic E-state index is 0.0113. The normalized spacial score (nSPS) is 18.3. The number of H-pyrrole nitrogens is 1. The third-order valence-electron chi connectivity index (χ3n) is 4.52. The van der Waals surface area contributed by atoms with Crippen molar-refractivity contribution in [3.05, 3.63) is 33.2 Å². The smallest absolute Gasteiger partial charge is 0.410 e. The van der Waals surface area contributed by atoms with Crippen LogP contribution in [0, 0.1) is 0 Å². The first-order valence-electron chi connectivity index (χ1n) is 7.98. The molecule has 124 valence electrons. The largest absolute Gasteiger partial charge is 0.477 e. The van der Waals surface area contributed by atoms with Crippen LogP contribution in [0.3, 0.4) is 0 Å². The highest BCUT2D eigenvalue weighted by Crippen LogP contribution is 2.23. The second-order valence-electron chi connectivity index (χ2n) is 6.14. The molecule has 2 heterocycles. The number of hydrogen-bond donors (Lipinski definition) is 2. The van der Waals surface area contributed by atoms with Crippen LogP contribution < -0.4 is 5.56 Å². The van der Waals surface area contributed by atoms with Gasteiger partial charge in [-0.15, -0.1) is 0 Å². The molecule has 1 saturated carbocycles. The molecule has 0 aromatic carbocycles. The lowest BCUT2D eigenvalue weighted by atomic mass is 9.98. The molecule has 0 atom stereocenters. The first-order valence-corrected chi connectivity index (χ1v) is 7.98. The van der Waals surface area contributed by atoms with Crippen molar-refractivity contribution in [2.75, 3.05) is 6.54 Å². The Kier molecular flexibility index (Phi) is 4.36. The molecule has 7 nitrogen and oxygen atoms in total. The Morgan fingerprint density at radius 3 is 2.70 bits per heavy atom. The molecule has 1 amide bonds. The Morgan fingerprint density at radius 2 is 2.00 bits per heavy atom. The van der Waals surface area contributed by atoms with Crippen molar-refractivity contribution in [1.82, 2.24) is 9.88 Å². The number of carbonyl (C=O) groups excluding carboxylic acids is 1. The third-order valence-corrected chi connectivity index (χ3v) is 4.52. The van der Waals surface area contributed by atoms with Crippen molar-refractivity contribution in [3.8, 4) is 0 Å². The van der Waals surface area contributed by atoms with Crippen molar-refractivity contribution in [3.63, 3.8) is 0 Å². The molecule has 0 bridgehead atoms. The average molecular weight is 320 g/mol. The van der Waals surface area contributed by atoms with E-state index in [4.69, 9.17) is 9.84 Å². The van der Waals surface area contributed by atoms with Crippen molar-refractivity contribution < 1.29 is 19.4 Å². The van der Waals surface area contributed by atoms with E-state index in [1.54, 1.807) is 4.90 Å². The molecule has 0 radical (unpaired) electrons. The number of fused-ring (bicyclic) bond motifs is 1. The zero-order valence-corrected chi connectivity index (χ0v) is 12.8. The molecular formula is C16H20N2O5. The number of nitrogens with zero attached hydrogens (tertiary/aromatic N) is 1. The summed E-state index contributed by atoms with van der Waals surface area (Å²) in [5.41, 5.74) is 0.455. The lowest BCUT2D eigenvalue weighted by molar-refractivity contribution is 0.0427. The second-order valence-corrected chi connectivity index (χ2v) is 6.14. The van der Waals surface area contributed by atoms with Crippen LogP contribution >= 0.6 is 0 Å². The van der Waals surface area contributed by atoms with E-state index in [0.29, 0.717) is 24.2 Å². The number of aromatic nitrogens is 1. The molecule has 0 unspecified atom stereocenters. The van der Waals surface area contributed by atoms with Crippen LogP contribution in [0.5, 0.6) is 0 Å². The van der Waals surface area contributed by atoms with Crippen LogP contribution in [0.25, 0.3) is 0 Å². The lowest BCUT2D eigenvalue weighted by Crippen LogP contribution is -2.39. The van der Waals surface area contributed by atoms with Gasteiger partial charge in [-0.2, -0.15) is 0 Å². The molecule has 7 heteroatoms. The fourth-order valence-electron chi connectivity index (χ4n) is 3.22. The summed E-state index contributed by atoms with van der Waals surface area (Å²) in [6.07, 6.45) is 5.31. The van der Waals surface area contributed by atoms with E-state index in [1.807, 2.05) is 0 Å². The summed E-state index contributed by atoms with van der Waals surface area (Å²) < 4.78 is 5.55. The van der Waals surface area contributed by atoms with Gasteiger partial charge < -0.3 is 19.7 Å². The van der Waals surface area contributed by atoms with E-state index in [0.717, 1.165) is 25.7 Å². The number of nitrogens with one attached hydrogen (secondary N) is 1. The quantitative estimate of drug-likeness (QED) is 0.867. The first-order chi connectivity index (χ1) is 11.0. The molecule has 0 spiro atoms. The summed E-state index contributed by atoms with van der Waals surface area (Å²) in [7, 11) is 0. The van der Waals surface area contributed by atoms with Crippen LogP contribution in [0.4, 0.5) is 4.79 Å². The van der Waals surface area contributed by atoms with Gasteiger partial charge in [0.2, 0.25) is 0 Å². The van der Waals surface area contributed by atoms with Gasteiger partial charge in [-0.3, -0.25) is 4.79 Å². The Bertz CT molecular complexity index is 676. The van der Waals surface area contributed by atoms with E-state index in [1.165, 1.54) is 12.5 Å². The number of rotatable bonds is 2. The predicted molar refractivity (Wildman–Crippen MR) is 81.5 cm³/mol. The summed E-state index contributed by atoms with van der Waals surface area (Å²) in [6, 6.07) is 1.36. The molecule has 1 fully saturated rings. The van der Waals surface area contributed by atoms with E-state index < -0.39 is 11.5 Å². The highest BCUT2D eigenvalue weighted by atomic mass is 16.6. The molecular weight excluding hydrogens is 300 g/mol. The van der Waals surface area contributed by atoms with Crippen molar-refractivity contribution >= 4 is 12.1 Å². The van der Waals surface area contributed by atoms with E-state index in [2.05, 4.69) is 4.98 Å². The molecule has 1 aromatic heterocycles. The number of carboxylic acids is 1. The molecule has 1 aliphatic heterocycles. The Hall–Kier alpha value is -2.31. The summed E-state index contributed by atoms with van der Waals surface area (Å²) in [4.78, 5) is 39.2. The maximum atomic E-state index is 12.3. The van der Waals surface area contributed by atoms with Gasteiger partial charge in [-0.25, -0.2) is 9.59 Å². The van der Waals surface area contributed by atoms with Gasteiger partial charge >= 0.3 is 12.1 Å². The lowest BCUT2D eigenvalue weighted by Gasteiger charge is -2.30. The van der Waals surface area contributed by atoms with Crippen LogP contribution in [-0.2, 0) is 17.7 Å². The first kappa shape index (κ1) is 15.6. The zero-order valence-electron chi connectivity index (χ0n) is 12.8. The Balaban J connectivity index is 1.71. The highest BCUT2D eigenvalue weighted by Gasteiger charge is 2.26. The maximum absolute atomic E-state index is 12.3. The molecule has 3 rings (SSSR count). The molecule has 0 saturated heterocycles. The number of aromatic amines is 1. The van der Waals surface area contributed by atoms with Gasteiger partial charge in [0.05, 0.1) is 6.54 Å².